The number of hydrogen-bond donors (Lipinski definition) is 1. The second-order valence-corrected chi connectivity index (χ2v) is 7.79. The molecule has 0 aliphatic rings. The molecule has 0 heterocycles. The van der Waals surface area contributed by atoms with E-state index in [9.17, 15) is 18.5 Å². The van der Waals surface area contributed by atoms with Crippen LogP contribution in [0.4, 0.5) is 11.4 Å². The SMILES string of the molecule is Cc1ccc(S(=O)(=O)Nc2ccc(OCc3ccccc3)cc2)cc1[N+](=O)[O-]. The van der Waals surface area contributed by atoms with E-state index in [4.69, 9.17) is 4.74 Å². The maximum atomic E-state index is 12.5. The van der Waals surface area contributed by atoms with Crippen molar-refractivity contribution in [3.63, 3.8) is 0 Å². The minimum atomic E-state index is -3.95. The quantitative estimate of drug-likeness (QED) is 0.473. The zero-order valence-electron chi connectivity index (χ0n) is 15.0. The Bertz CT molecular complexity index is 1080. The average Bonchev–Trinajstić information content (AvgIpc) is 2.68. The Morgan fingerprint density at radius 1 is 1.00 bits per heavy atom. The third-order valence-corrected chi connectivity index (χ3v) is 5.42. The van der Waals surface area contributed by atoms with Crippen molar-refractivity contribution in [3.05, 3.63) is 94.0 Å². The number of nitrogens with zero attached hydrogens (tertiary/aromatic N) is 1. The van der Waals surface area contributed by atoms with Crippen LogP contribution in [-0.2, 0) is 16.6 Å². The molecule has 0 saturated carbocycles. The molecule has 0 radical (unpaired) electrons. The topological polar surface area (TPSA) is 98.5 Å². The summed E-state index contributed by atoms with van der Waals surface area (Å²) in [7, 11) is -3.95. The molecule has 0 spiro atoms. The highest BCUT2D eigenvalue weighted by atomic mass is 32.2. The molecule has 0 aliphatic heterocycles. The minimum absolute atomic E-state index is 0.172. The summed E-state index contributed by atoms with van der Waals surface area (Å²) in [6.45, 7) is 1.95. The van der Waals surface area contributed by atoms with E-state index in [0.717, 1.165) is 11.6 Å². The number of nitro benzene ring substituents is 1. The molecule has 0 unspecified atom stereocenters. The summed E-state index contributed by atoms with van der Waals surface area (Å²) in [6, 6.07) is 19.9. The molecule has 0 aliphatic carbocycles. The Hall–Kier alpha value is -3.39. The standard InChI is InChI=1S/C20H18N2O5S/c1-15-7-12-19(13-20(15)22(23)24)28(25,26)21-17-8-10-18(11-9-17)27-14-16-5-3-2-4-6-16/h2-13,21H,14H2,1H3. The number of sulfonamides is 1. The molecular formula is C20H18N2O5S. The van der Waals surface area contributed by atoms with Gasteiger partial charge in [0.1, 0.15) is 12.4 Å². The lowest BCUT2D eigenvalue weighted by molar-refractivity contribution is -0.385. The first-order valence-electron chi connectivity index (χ1n) is 8.40. The highest BCUT2D eigenvalue weighted by Crippen LogP contribution is 2.25. The third kappa shape index (κ3) is 4.66. The molecule has 0 bridgehead atoms. The van der Waals surface area contributed by atoms with E-state index < -0.39 is 14.9 Å². The predicted molar refractivity (Wildman–Crippen MR) is 106 cm³/mol. The number of ether oxygens (including phenoxy) is 1. The summed E-state index contributed by atoms with van der Waals surface area (Å²) in [5, 5.41) is 11.0. The number of aryl methyl sites for hydroxylation is 1. The zero-order valence-corrected chi connectivity index (χ0v) is 15.8. The van der Waals surface area contributed by atoms with Gasteiger partial charge < -0.3 is 4.74 Å². The normalized spacial score (nSPS) is 11.0. The van der Waals surface area contributed by atoms with Gasteiger partial charge in [0.05, 0.1) is 9.82 Å². The van der Waals surface area contributed by atoms with E-state index in [1.165, 1.54) is 12.1 Å². The van der Waals surface area contributed by atoms with E-state index in [2.05, 4.69) is 4.72 Å². The van der Waals surface area contributed by atoms with E-state index >= 15 is 0 Å². The molecule has 0 fully saturated rings. The number of nitro groups is 1. The van der Waals surface area contributed by atoms with Gasteiger partial charge in [0.2, 0.25) is 0 Å². The van der Waals surface area contributed by atoms with Gasteiger partial charge in [0, 0.05) is 17.3 Å². The lowest BCUT2D eigenvalue weighted by atomic mass is 10.2. The van der Waals surface area contributed by atoms with E-state index in [1.54, 1.807) is 31.2 Å². The van der Waals surface area contributed by atoms with Crippen molar-refractivity contribution >= 4 is 21.4 Å². The van der Waals surface area contributed by atoms with Crippen LogP contribution in [0.2, 0.25) is 0 Å². The van der Waals surface area contributed by atoms with Crippen molar-refractivity contribution < 1.29 is 18.1 Å². The first-order chi connectivity index (χ1) is 13.3. The first-order valence-corrected chi connectivity index (χ1v) is 9.88. The Balaban J connectivity index is 1.71. The molecule has 8 heteroatoms. The fraction of sp³-hybridized carbons (Fsp3) is 0.100. The highest BCUT2D eigenvalue weighted by molar-refractivity contribution is 7.92. The van der Waals surface area contributed by atoms with Gasteiger partial charge in [-0.1, -0.05) is 36.4 Å². The lowest BCUT2D eigenvalue weighted by Crippen LogP contribution is -2.13. The number of rotatable bonds is 7. The fourth-order valence-corrected chi connectivity index (χ4v) is 3.61. The predicted octanol–water partition coefficient (Wildman–Crippen LogP) is 4.28. The third-order valence-electron chi connectivity index (χ3n) is 4.04. The summed E-state index contributed by atoms with van der Waals surface area (Å²) in [4.78, 5) is 10.3. The molecule has 3 aromatic carbocycles. The Morgan fingerprint density at radius 2 is 1.68 bits per heavy atom. The Kier molecular flexibility index (Phi) is 5.60. The summed E-state index contributed by atoms with van der Waals surface area (Å²) in [5.41, 5.74) is 1.50. The van der Waals surface area contributed by atoms with Gasteiger partial charge in [0.15, 0.2) is 0 Å². The molecule has 7 nitrogen and oxygen atoms in total. The molecule has 3 rings (SSSR count). The molecule has 0 amide bonds. The van der Waals surface area contributed by atoms with Crippen molar-refractivity contribution in [1.29, 1.82) is 0 Å². The fourth-order valence-electron chi connectivity index (χ4n) is 2.53. The monoisotopic (exact) mass is 398 g/mol. The lowest BCUT2D eigenvalue weighted by Gasteiger charge is -2.10. The van der Waals surface area contributed by atoms with Crippen molar-refractivity contribution in [1.82, 2.24) is 0 Å². The van der Waals surface area contributed by atoms with Crippen molar-refractivity contribution in [2.45, 2.75) is 18.4 Å². The van der Waals surface area contributed by atoms with Crippen LogP contribution in [0.1, 0.15) is 11.1 Å². The molecular weight excluding hydrogens is 380 g/mol. The Labute approximate surface area is 162 Å². The second-order valence-electron chi connectivity index (χ2n) is 6.11. The molecule has 0 saturated heterocycles. The van der Waals surface area contributed by atoms with Gasteiger partial charge in [-0.3, -0.25) is 14.8 Å². The molecule has 0 aromatic heterocycles. The number of anilines is 1. The van der Waals surface area contributed by atoms with Crippen LogP contribution in [0.25, 0.3) is 0 Å². The summed E-state index contributed by atoms with van der Waals surface area (Å²) in [5.74, 6) is 0.595. The summed E-state index contributed by atoms with van der Waals surface area (Å²) >= 11 is 0. The van der Waals surface area contributed by atoms with Crippen LogP contribution in [-0.4, -0.2) is 13.3 Å². The number of benzene rings is 3. The van der Waals surface area contributed by atoms with Crippen LogP contribution in [0.15, 0.2) is 77.7 Å². The molecule has 1 N–H and O–H groups in total. The average molecular weight is 398 g/mol. The number of nitrogens with one attached hydrogen (secondary N) is 1. The second kappa shape index (κ2) is 8.10. The molecule has 3 aromatic rings. The summed E-state index contributed by atoms with van der Waals surface area (Å²) < 4.78 is 33.1. The Morgan fingerprint density at radius 3 is 2.32 bits per heavy atom. The maximum absolute atomic E-state index is 12.5. The van der Waals surface area contributed by atoms with Crippen LogP contribution in [0.3, 0.4) is 0 Å². The van der Waals surface area contributed by atoms with E-state index in [1.807, 2.05) is 30.3 Å². The van der Waals surface area contributed by atoms with Gasteiger partial charge in [-0.25, -0.2) is 8.42 Å². The zero-order chi connectivity index (χ0) is 20.1. The van der Waals surface area contributed by atoms with Gasteiger partial charge in [-0.15, -0.1) is 0 Å². The van der Waals surface area contributed by atoms with Gasteiger partial charge in [0.25, 0.3) is 15.7 Å². The molecule has 28 heavy (non-hydrogen) atoms. The van der Waals surface area contributed by atoms with Gasteiger partial charge in [-0.05, 0) is 42.8 Å². The van der Waals surface area contributed by atoms with Gasteiger partial charge >= 0.3 is 0 Å². The largest absolute Gasteiger partial charge is 0.489 e. The highest BCUT2D eigenvalue weighted by Gasteiger charge is 2.19. The van der Waals surface area contributed by atoms with Crippen LogP contribution in [0, 0.1) is 17.0 Å². The van der Waals surface area contributed by atoms with E-state index in [-0.39, 0.29) is 10.6 Å². The maximum Gasteiger partial charge on any atom is 0.273 e. The summed E-state index contributed by atoms with van der Waals surface area (Å²) in [6.07, 6.45) is 0. The minimum Gasteiger partial charge on any atom is -0.489 e. The number of hydrogen-bond acceptors (Lipinski definition) is 5. The smallest absolute Gasteiger partial charge is 0.273 e. The van der Waals surface area contributed by atoms with E-state index in [0.29, 0.717) is 23.6 Å². The molecule has 0 atom stereocenters. The first kappa shape index (κ1) is 19.4. The van der Waals surface area contributed by atoms with Crippen LogP contribution >= 0.6 is 0 Å². The van der Waals surface area contributed by atoms with Crippen molar-refractivity contribution in [3.8, 4) is 5.75 Å². The van der Waals surface area contributed by atoms with Crippen LogP contribution in [0.5, 0.6) is 5.75 Å². The van der Waals surface area contributed by atoms with Crippen LogP contribution < -0.4 is 9.46 Å². The van der Waals surface area contributed by atoms with Crippen molar-refractivity contribution in [2.24, 2.45) is 0 Å². The van der Waals surface area contributed by atoms with Gasteiger partial charge in [-0.2, -0.15) is 0 Å². The molecule has 144 valence electrons. The van der Waals surface area contributed by atoms with Crippen molar-refractivity contribution in [2.75, 3.05) is 4.72 Å².